The van der Waals surface area contributed by atoms with Crippen molar-refractivity contribution in [2.24, 2.45) is 0 Å². The first-order valence-electron chi connectivity index (χ1n) is 7.40. The Bertz CT molecular complexity index is 534. The van der Waals surface area contributed by atoms with Gasteiger partial charge in [0.05, 0.1) is 0 Å². The molecule has 0 saturated heterocycles. The minimum Gasteiger partial charge on any atom is -0.310 e. The van der Waals surface area contributed by atoms with Crippen LogP contribution in [0.1, 0.15) is 41.6 Å². The number of nitrogens with zero attached hydrogens (tertiary/aromatic N) is 1. The first kappa shape index (κ1) is 14.7. The first-order valence-corrected chi connectivity index (χ1v) is 7.40. The molecule has 1 N–H and O–H groups in total. The molecule has 0 aliphatic carbocycles. The number of nitrogens with one attached hydrogen (secondary N) is 1. The van der Waals surface area contributed by atoms with Gasteiger partial charge in [0.1, 0.15) is 0 Å². The van der Waals surface area contributed by atoms with E-state index in [0.717, 1.165) is 19.4 Å². The van der Waals surface area contributed by atoms with Crippen LogP contribution in [0.4, 0.5) is 0 Å². The highest BCUT2D eigenvalue weighted by molar-refractivity contribution is 5.33. The summed E-state index contributed by atoms with van der Waals surface area (Å²) in [7, 11) is 0. The van der Waals surface area contributed by atoms with Crippen molar-refractivity contribution >= 4 is 0 Å². The summed E-state index contributed by atoms with van der Waals surface area (Å²) < 4.78 is 0. The number of hydrogen-bond acceptors (Lipinski definition) is 2. The quantitative estimate of drug-likeness (QED) is 0.857. The van der Waals surface area contributed by atoms with Gasteiger partial charge in [-0.3, -0.25) is 4.98 Å². The van der Waals surface area contributed by atoms with Gasteiger partial charge in [-0.2, -0.15) is 0 Å². The largest absolute Gasteiger partial charge is 0.310 e. The lowest BCUT2D eigenvalue weighted by Crippen LogP contribution is -2.22. The van der Waals surface area contributed by atoms with E-state index in [1.165, 1.54) is 22.3 Å². The Morgan fingerprint density at radius 1 is 1.10 bits per heavy atom. The van der Waals surface area contributed by atoms with Gasteiger partial charge in [0.25, 0.3) is 0 Å². The Balaban J connectivity index is 2.10. The van der Waals surface area contributed by atoms with Gasteiger partial charge in [0.2, 0.25) is 0 Å². The summed E-state index contributed by atoms with van der Waals surface area (Å²) in [4.78, 5) is 4.08. The molecule has 2 nitrogen and oxygen atoms in total. The number of hydrogen-bond donors (Lipinski definition) is 1. The average Bonchev–Trinajstić information content (AvgIpc) is 2.45. The zero-order valence-corrected chi connectivity index (χ0v) is 12.7. The molecule has 0 fully saturated rings. The van der Waals surface area contributed by atoms with E-state index in [0.29, 0.717) is 6.04 Å². The average molecular weight is 268 g/mol. The molecule has 1 aromatic carbocycles. The minimum absolute atomic E-state index is 0.425. The van der Waals surface area contributed by atoms with Gasteiger partial charge < -0.3 is 5.32 Å². The lowest BCUT2D eigenvalue weighted by atomic mass is 9.94. The van der Waals surface area contributed by atoms with Gasteiger partial charge in [-0.15, -0.1) is 0 Å². The van der Waals surface area contributed by atoms with E-state index in [1.807, 2.05) is 12.4 Å². The molecule has 2 aromatic rings. The van der Waals surface area contributed by atoms with E-state index >= 15 is 0 Å². The van der Waals surface area contributed by atoms with Crippen molar-refractivity contribution in [3.63, 3.8) is 0 Å². The third kappa shape index (κ3) is 3.91. The van der Waals surface area contributed by atoms with E-state index in [1.54, 1.807) is 0 Å². The predicted molar refractivity (Wildman–Crippen MR) is 84.9 cm³/mol. The molecule has 1 aromatic heterocycles. The van der Waals surface area contributed by atoms with Gasteiger partial charge in [0, 0.05) is 18.4 Å². The molecule has 2 heteroatoms. The monoisotopic (exact) mass is 268 g/mol. The molecule has 1 unspecified atom stereocenters. The zero-order chi connectivity index (χ0) is 14.4. The summed E-state index contributed by atoms with van der Waals surface area (Å²) in [5.74, 6) is 0. The lowest BCUT2D eigenvalue weighted by Gasteiger charge is -2.21. The maximum atomic E-state index is 4.08. The van der Waals surface area contributed by atoms with Crippen molar-refractivity contribution in [3.8, 4) is 0 Å². The molecule has 2 rings (SSSR count). The fraction of sp³-hybridized carbons (Fsp3) is 0.389. The molecule has 0 radical (unpaired) electrons. The maximum absolute atomic E-state index is 4.08. The van der Waals surface area contributed by atoms with E-state index < -0.39 is 0 Å². The summed E-state index contributed by atoms with van der Waals surface area (Å²) in [6.45, 7) is 7.52. The van der Waals surface area contributed by atoms with Crippen LogP contribution in [0.3, 0.4) is 0 Å². The van der Waals surface area contributed by atoms with Gasteiger partial charge in [-0.05, 0) is 62.1 Å². The fourth-order valence-electron chi connectivity index (χ4n) is 2.69. The van der Waals surface area contributed by atoms with Gasteiger partial charge in [0.15, 0.2) is 0 Å². The highest BCUT2D eigenvalue weighted by atomic mass is 14.9. The molecule has 1 heterocycles. The second-order valence-electron chi connectivity index (χ2n) is 5.36. The maximum Gasteiger partial charge on any atom is 0.0325 e. The first-order chi connectivity index (χ1) is 9.70. The Hall–Kier alpha value is -1.67. The van der Waals surface area contributed by atoms with Crippen molar-refractivity contribution in [2.45, 2.75) is 39.7 Å². The number of benzene rings is 1. The molecule has 0 amide bonds. The molecular weight excluding hydrogens is 244 g/mol. The second kappa shape index (κ2) is 7.20. The summed E-state index contributed by atoms with van der Waals surface area (Å²) in [5, 5.41) is 3.61. The van der Waals surface area contributed by atoms with Crippen molar-refractivity contribution in [3.05, 3.63) is 65.0 Å². The van der Waals surface area contributed by atoms with Crippen LogP contribution in [0, 0.1) is 13.8 Å². The number of aryl methyl sites for hydroxylation is 3. The normalized spacial score (nSPS) is 12.3. The fourth-order valence-corrected chi connectivity index (χ4v) is 2.69. The van der Waals surface area contributed by atoms with Gasteiger partial charge in [-0.25, -0.2) is 0 Å². The van der Waals surface area contributed by atoms with Crippen LogP contribution in [-0.4, -0.2) is 11.5 Å². The highest BCUT2D eigenvalue weighted by Crippen LogP contribution is 2.23. The molecule has 0 spiro atoms. The number of rotatable bonds is 6. The lowest BCUT2D eigenvalue weighted by molar-refractivity contribution is 0.513. The smallest absolute Gasteiger partial charge is 0.0325 e. The summed E-state index contributed by atoms with van der Waals surface area (Å²) in [6, 6.07) is 11.4. The summed E-state index contributed by atoms with van der Waals surface area (Å²) >= 11 is 0. The van der Waals surface area contributed by atoms with Crippen LogP contribution in [0.25, 0.3) is 0 Å². The third-order valence-corrected chi connectivity index (χ3v) is 3.72. The topological polar surface area (TPSA) is 24.9 Å². The second-order valence-corrected chi connectivity index (χ2v) is 5.36. The number of pyridine rings is 1. The van der Waals surface area contributed by atoms with E-state index in [9.17, 15) is 0 Å². The van der Waals surface area contributed by atoms with E-state index in [4.69, 9.17) is 0 Å². The van der Waals surface area contributed by atoms with E-state index in [2.05, 4.69) is 61.4 Å². The van der Waals surface area contributed by atoms with Crippen molar-refractivity contribution in [2.75, 3.05) is 6.54 Å². The van der Waals surface area contributed by atoms with Crippen LogP contribution in [0.2, 0.25) is 0 Å². The van der Waals surface area contributed by atoms with Crippen LogP contribution < -0.4 is 5.32 Å². The molecule has 0 aliphatic heterocycles. The minimum atomic E-state index is 0.425. The number of aromatic nitrogens is 1. The van der Waals surface area contributed by atoms with Crippen molar-refractivity contribution in [1.29, 1.82) is 0 Å². The SMILES string of the molecule is CCNC(CCc1ccncc1)c1ccc(C)cc1C. The standard InChI is InChI=1S/C18H24N2/c1-4-20-18(8-6-16-9-11-19-12-10-16)17-7-5-14(2)13-15(17)3/h5,7,9-13,18,20H,4,6,8H2,1-3H3. The van der Waals surface area contributed by atoms with Gasteiger partial charge in [-0.1, -0.05) is 30.7 Å². The third-order valence-electron chi connectivity index (χ3n) is 3.72. The summed E-state index contributed by atoms with van der Waals surface area (Å²) in [5.41, 5.74) is 5.49. The predicted octanol–water partition coefficient (Wildman–Crippen LogP) is 3.98. The molecule has 0 saturated carbocycles. The van der Waals surface area contributed by atoms with E-state index in [-0.39, 0.29) is 0 Å². The Morgan fingerprint density at radius 3 is 2.50 bits per heavy atom. The van der Waals surface area contributed by atoms with Crippen molar-refractivity contribution < 1.29 is 0 Å². The molecule has 0 aliphatic rings. The Morgan fingerprint density at radius 2 is 1.85 bits per heavy atom. The molecule has 0 bridgehead atoms. The Kier molecular flexibility index (Phi) is 5.31. The Labute approximate surface area is 122 Å². The van der Waals surface area contributed by atoms with Crippen molar-refractivity contribution in [1.82, 2.24) is 10.3 Å². The van der Waals surface area contributed by atoms with Crippen LogP contribution in [0.15, 0.2) is 42.7 Å². The van der Waals surface area contributed by atoms with Crippen LogP contribution >= 0.6 is 0 Å². The zero-order valence-electron chi connectivity index (χ0n) is 12.7. The van der Waals surface area contributed by atoms with Crippen LogP contribution in [-0.2, 0) is 6.42 Å². The molecule has 106 valence electrons. The van der Waals surface area contributed by atoms with Gasteiger partial charge >= 0.3 is 0 Å². The molecule has 20 heavy (non-hydrogen) atoms. The highest BCUT2D eigenvalue weighted by Gasteiger charge is 2.12. The molecular formula is C18H24N2. The molecule has 1 atom stereocenters. The summed E-state index contributed by atoms with van der Waals surface area (Å²) in [6.07, 6.45) is 5.93. The van der Waals surface area contributed by atoms with Crippen LogP contribution in [0.5, 0.6) is 0 Å².